The van der Waals surface area contributed by atoms with Crippen LogP contribution in [0.4, 0.5) is 0 Å². The van der Waals surface area contributed by atoms with Crippen LogP contribution in [0.5, 0.6) is 0 Å². The maximum Gasteiger partial charge on any atom is 0.169 e. The van der Waals surface area contributed by atoms with Crippen LogP contribution in [0, 0.1) is 0 Å². The molecule has 3 nitrogen and oxygen atoms in total. The van der Waals surface area contributed by atoms with Crippen LogP contribution in [-0.2, 0) is 0 Å². The minimum Gasteiger partial charge on any atom is -0.360 e. The summed E-state index contributed by atoms with van der Waals surface area (Å²) in [5, 5.41) is 4.47. The molecule has 2 atom stereocenters. The molecule has 4 heteroatoms. The predicted octanol–water partition coefficient (Wildman–Crippen LogP) is 1.19. The quantitative estimate of drug-likeness (QED) is 0.693. The molecule has 0 aromatic heterocycles. The number of nitrogens with zero attached hydrogens (tertiary/aromatic N) is 2. The van der Waals surface area contributed by atoms with Gasteiger partial charge in [0.25, 0.3) is 0 Å². The monoisotopic (exact) mass is 239 g/mol. The smallest absolute Gasteiger partial charge is 0.169 e. The fraction of sp³-hybridized carbons (Fsp3) is 0.917. The molecule has 3 fully saturated rings. The highest BCUT2D eigenvalue weighted by Crippen LogP contribution is 2.28. The molecule has 1 N–H and O–H groups in total. The highest BCUT2D eigenvalue weighted by Gasteiger charge is 2.35. The highest BCUT2D eigenvalue weighted by atomic mass is 32.1. The lowest BCUT2D eigenvalue weighted by atomic mass is 10.1. The van der Waals surface area contributed by atoms with Crippen LogP contribution in [-0.4, -0.2) is 53.2 Å². The van der Waals surface area contributed by atoms with Crippen molar-refractivity contribution in [3.63, 3.8) is 0 Å². The Hall–Kier alpha value is -0.350. The van der Waals surface area contributed by atoms with E-state index in [4.69, 9.17) is 12.2 Å². The third kappa shape index (κ3) is 2.05. The van der Waals surface area contributed by atoms with E-state index in [1.807, 2.05) is 0 Å². The Morgan fingerprint density at radius 1 is 1.12 bits per heavy atom. The van der Waals surface area contributed by atoms with Crippen molar-refractivity contribution in [2.45, 2.75) is 50.2 Å². The van der Waals surface area contributed by atoms with Gasteiger partial charge in [0.15, 0.2) is 5.11 Å². The van der Waals surface area contributed by atoms with Gasteiger partial charge in [-0.2, -0.15) is 0 Å². The summed E-state index contributed by atoms with van der Waals surface area (Å²) < 4.78 is 0. The van der Waals surface area contributed by atoms with Gasteiger partial charge in [-0.1, -0.05) is 0 Å². The first-order chi connectivity index (χ1) is 7.74. The molecule has 90 valence electrons. The summed E-state index contributed by atoms with van der Waals surface area (Å²) in [5.41, 5.74) is 0. The first-order valence-corrected chi connectivity index (χ1v) is 6.92. The van der Waals surface area contributed by atoms with Crippen molar-refractivity contribution < 1.29 is 0 Å². The molecule has 0 aromatic carbocycles. The molecule has 3 aliphatic rings. The van der Waals surface area contributed by atoms with Crippen LogP contribution in [0.3, 0.4) is 0 Å². The van der Waals surface area contributed by atoms with E-state index in [2.05, 4.69) is 22.2 Å². The molecule has 0 radical (unpaired) electrons. The van der Waals surface area contributed by atoms with Crippen LogP contribution >= 0.6 is 12.2 Å². The molecular weight excluding hydrogens is 218 g/mol. The van der Waals surface area contributed by atoms with Crippen molar-refractivity contribution in [3.05, 3.63) is 0 Å². The van der Waals surface area contributed by atoms with Gasteiger partial charge >= 0.3 is 0 Å². The fourth-order valence-corrected chi connectivity index (χ4v) is 3.32. The second kappa shape index (κ2) is 4.15. The van der Waals surface area contributed by atoms with E-state index < -0.39 is 0 Å². The lowest BCUT2D eigenvalue weighted by molar-refractivity contribution is 0.245. The van der Waals surface area contributed by atoms with Gasteiger partial charge in [-0.25, -0.2) is 0 Å². The predicted molar refractivity (Wildman–Crippen MR) is 69.5 cm³/mol. The van der Waals surface area contributed by atoms with Crippen molar-refractivity contribution in [3.8, 4) is 0 Å². The minimum absolute atomic E-state index is 0.686. The molecule has 16 heavy (non-hydrogen) atoms. The maximum atomic E-state index is 5.50. The number of likely N-dealkylation sites (tertiary alicyclic amines) is 1. The zero-order chi connectivity index (χ0) is 11.1. The second-order valence-corrected chi connectivity index (χ2v) is 5.90. The van der Waals surface area contributed by atoms with E-state index in [1.165, 1.54) is 32.1 Å². The fourth-order valence-electron chi connectivity index (χ4n) is 2.99. The molecule has 3 rings (SSSR count). The van der Waals surface area contributed by atoms with Crippen molar-refractivity contribution in [1.82, 2.24) is 15.1 Å². The largest absolute Gasteiger partial charge is 0.360 e. The first kappa shape index (κ1) is 10.8. The zero-order valence-corrected chi connectivity index (χ0v) is 10.8. The minimum atomic E-state index is 0.686. The van der Waals surface area contributed by atoms with Crippen LogP contribution in [0.2, 0.25) is 0 Å². The summed E-state index contributed by atoms with van der Waals surface area (Å²) >= 11 is 5.50. The maximum absolute atomic E-state index is 5.50. The molecule has 2 saturated heterocycles. The molecular formula is C12H21N3S. The number of likely N-dealkylation sites (N-methyl/N-ethyl adjacent to an activating group) is 1. The summed E-state index contributed by atoms with van der Waals surface area (Å²) in [7, 11) is 2.28. The molecule has 0 aromatic rings. The Balaban J connectivity index is 1.61. The number of fused-ring (bicyclic) bond motifs is 2. The number of rotatable bonds is 1. The van der Waals surface area contributed by atoms with E-state index in [0.717, 1.165) is 30.3 Å². The van der Waals surface area contributed by atoms with Gasteiger partial charge in [0.2, 0.25) is 0 Å². The summed E-state index contributed by atoms with van der Waals surface area (Å²) in [6.07, 6.45) is 6.63. The van der Waals surface area contributed by atoms with Crippen LogP contribution in [0.1, 0.15) is 32.1 Å². The molecule has 0 amide bonds. The van der Waals surface area contributed by atoms with Crippen molar-refractivity contribution in [2.24, 2.45) is 0 Å². The van der Waals surface area contributed by atoms with Gasteiger partial charge in [0, 0.05) is 31.2 Å². The van der Waals surface area contributed by atoms with Crippen LogP contribution in [0.25, 0.3) is 0 Å². The summed E-state index contributed by atoms with van der Waals surface area (Å²) in [5.74, 6) is 0. The van der Waals surface area contributed by atoms with Gasteiger partial charge in [0.1, 0.15) is 0 Å². The highest BCUT2D eigenvalue weighted by molar-refractivity contribution is 7.80. The Morgan fingerprint density at radius 2 is 1.88 bits per heavy atom. The zero-order valence-electron chi connectivity index (χ0n) is 9.98. The Kier molecular flexibility index (Phi) is 2.80. The second-order valence-electron chi connectivity index (χ2n) is 5.51. The van der Waals surface area contributed by atoms with E-state index in [9.17, 15) is 0 Å². The van der Waals surface area contributed by atoms with Gasteiger partial charge in [0.05, 0.1) is 0 Å². The van der Waals surface area contributed by atoms with E-state index in [-0.39, 0.29) is 0 Å². The van der Waals surface area contributed by atoms with Crippen LogP contribution in [0.15, 0.2) is 0 Å². The van der Waals surface area contributed by atoms with E-state index in [0.29, 0.717) is 6.04 Å². The van der Waals surface area contributed by atoms with Gasteiger partial charge in [-0.15, -0.1) is 0 Å². The summed E-state index contributed by atoms with van der Waals surface area (Å²) in [6.45, 7) is 2.27. The third-order valence-corrected chi connectivity index (χ3v) is 4.72. The average Bonchev–Trinajstić information content (AvgIpc) is 2.96. The summed E-state index contributed by atoms with van der Waals surface area (Å²) in [4.78, 5) is 4.97. The van der Waals surface area contributed by atoms with Gasteiger partial charge in [-0.05, 0) is 51.4 Å². The lowest BCUT2D eigenvalue weighted by Crippen LogP contribution is -2.45. The van der Waals surface area contributed by atoms with Crippen molar-refractivity contribution >= 4 is 17.3 Å². The molecule has 2 aliphatic heterocycles. The number of nitrogens with one attached hydrogen (secondary N) is 1. The van der Waals surface area contributed by atoms with Crippen LogP contribution < -0.4 is 5.32 Å². The molecule has 2 heterocycles. The average molecular weight is 239 g/mol. The molecule has 2 bridgehead atoms. The number of thiocarbonyl (C=S) groups is 1. The third-order valence-electron chi connectivity index (χ3n) is 4.34. The Labute approximate surface area is 103 Å². The Morgan fingerprint density at radius 3 is 2.62 bits per heavy atom. The molecule has 0 spiro atoms. The van der Waals surface area contributed by atoms with E-state index in [1.54, 1.807) is 0 Å². The standard InChI is InChI=1S/C12H21N3S/c1-14-10-4-5-11(14)8-15(7-6-10)12(16)13-9-2-3-9/h9-11H,2-8H2,1H3,(H,13,16). The summed E-state index contributed by atoms with van der Waals surface area (Å²) in [6, 6.07) is 2.22. The molecule has 2 unspecified atom stereocenters. The van der Waals surface area contributed by atoms with Crippen molar-refractivity contribution in [1.29, 1.82) is 0 Å². The molecule has 1 aliphatic carbocycles. The SMILES string of the molecule is CN1C2CCC1CN(C(=S)NC1CC1)CC2. The first-order valence-electron chi connectivity index (χ1n) is 6.51. The van der Waals surface area contributed by atoms with Crippen molar-refractivity contribution in [2.75, 3.05) is 20.1 Å². The van der Waals surface area contributed by atoms with E-state index >= 15 is 0 Å². The topological polar surface area (TPSA) is 18.5 Å². The number of hydrogen-bond acceptors (Lipinski definition) is 2. The Bertz CT molecular complexity index is 290. The number of hydrogen-bond donors (Lipinski definition) is 1. The van der Waals surface area contributed by atoms with Gasteiger partial charge < -0.3 is 10.2 Å². The van der Waals surface area contributed by atoms with Gasteiger partial charge in [-0.3, -0.25) is 4.90 Å². The normalized spacial score (nSPS) is 34.9. The lowest BCUT2D eigenvalue weighted by Gasteiger charge is -2.28. The molecule has 1 saturated carbocycles.